The molecule has 1 unspecified atom stereocenters. The quantitative estimate of drug-likeness (QED) is 0.474. The fourth-order valence-corrected chi connectivity index (χ4v) is 3.59. The summed E-state index contributed by atoms with van der Waals surface area (Å²) in [6, 6.07) is 0. The van der Waals surface area contributed by atoms with E-state index in [4.69, 9.17) is 23.1 Å². The summed E-state index contributed by atoms with van der Waals surface area (Å²) in [5, 5.41) is 7.85. The van der Waals surface area contributed by atoms with Gasteiger partial charge in [0.15, 0.2) is 0 Å². The summed E-state index contributed by atoms with van der Waals surface area (Å²) in [7, 11) is -1.90. The third-order valence-electron chi connectivity index (χ3n) is 2.61. The van der Waals surface area contributed by atoms with E-state index in [0.29, 0.717) is 19.4 Å². The number of rotatable bonds is 9. The van der Waals surface area contributed by atoms with E-state index in [1.807, 2.05) is 0 Å². The van der Waals surface area contributed by atoms with Gasteiger partial charge in [-0.1, -0.05) is 19.1 Å². The molecule has 0 bridgehead atoms. The molecule has 17 heavy (non-hydrogen) atoms. The molecular formula is C10H22N2O3S2. The average molecular weight is 282 g/mol. The zero-order chi connectivity index (χ0) is 13.5. The topological polar surface area (TPSA) is 83.6 Å². The summed E-state index contributed by atoms with van der Waals surface area (Å²) >= 11 is 4.78. The molecule has 5 nitrogen and oxygen atoms in total. The average Bonchev–Trinajstić information content (AvgIpc) is 2.23. The first-order valence-corrected chi connectivity index (χ1v) is 7.64. The fourth-order valence-electron chi connectivity index (χ4n) is 1.53. The van der Waals surface area contributed by atoms with Crippen LogP contribution in [-0.2, 0) is 10.0 Å². The highest BCUT2D eigenvalue weighted by Gasteiger charge is 2.30. The lowest BCUT2D eigenvalue weighted by Gasteiger charge is -2.22. The molecular weight excluding hydrogens is 260 g/mol. The van der Waals surface area contributed by atoms with Crippen molar-refractivity contribution in [3.8, 4) is 0 Å². The number of aliphatic hydroxyl groups is 1. The number of sulfonamides is 1. The molecule has 7 heteroatoms. The minimum atomic E-state index is -3.43. The molecule has 0 fully saturated rings. The Morgan fingerprint density at radius 3 is 2.41 bits per heavy atom. The highest BCUT2D eigenvalue weighted by molar-refractivity contribution is 7.92. The molecule has 0 aliphatic rings. The first kappa shape index (κ1) is 16.8. The first-order chi connectivity index (χ1) is 7.87. The molecule has 0 aromatic heterocycles. The van der Waals surface area contributed by atoms with Crippen LogP contribution >= 0.6 is 12.2 Å². The van der Waals surface area contributed by atoms with E-state index in [2.05, 4.69) is 0 Å². The number of unbranched alkanes of at least 4 members (excludes halogenated alkanes) is 2. The van der Waals surface area contributed by atoms with Crippen molar-refractivity contribution in [2.45, 2.75) is 37.9 Å². The largest absolute Gasteiger partial charge is 0.396 e. The molecule has 0 heterocycles. The molecule has 1 atom stereocenters. The van der Waals surface area contributed by atoms with Gasteiger partial charge in [-0.25, -0.2) is 12.7 Å². The van der Waals surface area contributed by atoms with Gasteiger partial charge in [0, 0.05) is 20.2 Å². The van der Waals surface area contributed by atoms with Crippen LogP contribution in [0.1, 0.15) is 32.6 Å². The van der Waals surface area contributed by atoms with Gasteiger partial charge < -0.3 is 10.8 Å². The van der Waals surface area contributed by atoms with E-state index in [0.717, 1.165) is 12.8 Å². The van der Waals surface area contributed by atoms with Crippen molar-refractivity contribution in [1.29, 1.82) is 0 Å². The van der Waals surface area contributed by atoms with Crippen LogP contribution in [-0.4, -0.2) is 48.3 Å². The van der Waals surface area contributed by atoms with Gasteiger partial charge in [-0.2, -0.15) is 0 Å². The number of nitrogens with two attached hydrogens (primary N) is 1. The molecule has 0 amide bonds. The van der Waals surface area contributed by atoms with Crippen LogP contribution < -0.4 is 5.73 Å². The maximum absolute atomic E-state index is 12.1. The van der Waals surface area contributed by atoms with Gasteiger partial charge in [-0.15, -0.1) is 0 Å². The summed E-state index contributed by atoms with van der Waals surface area (Å²) in [5.74, 6) is 0. The summed E-state index contributed by atoms with van der Waals surface area (Å²) in [4.78, 5) is 0.0229. The van der Waals surface area contributed by atoms with E-state index < -0.39 is 15.3 Å². The van der Waals surface area contributed by atoms with Crippen LogP contribution in [0.25, 0.3) is 0 Å². The van der Waals surface area contributed by atoms with Crippen LogP contribution in [0.4, 0.5) is 0 Å². The van der Waals surface area contributed by atoms with Gasteiger partial charge >= 0.3 is 0 Å². The van der Waals surface area contributed by atoms with Gasteiger partial charge in [0.1, 0.15) is 5.25 Å². The number of aliphatic hydroxyl groups excluding tert-OH is 1. The molecule has 102 valence electrons. The van der Waals surface area contributed by atoms with Crippen LogP contribution in [0.5, 0.6) is 0 Å². The second-order valence-corrected chi connectivity index (χ2v) is 6.64. The van der Waals surface area contributed by atoms with Crippen LogP contribution in [0, 0.1) is 0 Å². The van der Waals surface area contributed by atoms with Crippen molar-refractivity contribution >= 4 is 27.2 Å². The Bertz CT molecular complexity index is 330. The summed E-state index contributed by atoms with van der Waals surface area (Å²) in [6.45, 7) is 2.32. The number of thiocarbonyl (C=S) groups is 1. The van der Waals surface area contributed by atoms with Crippen molar-refractivity contribution in [3.63, 3.8) is 0 Å². The van der Waals surface area contributed by atoms with Crippen LogP contribution in [0.2, 0.25) is 0 Å². The smallest absolute Gasteiger partial charge is 0.223 e. The van der Waals surface area contributed by atoms with E-state index in [1.54, 1.807) is 6.92 Å². The predicted octanol–water partition coefficient (Wildman–Crippen LogP) is 0.475. The Balaban J connectivity index is 4.43. The molecule has 0 aromatic carbocycles. The zero-order valence-electron chi connectivity index (χ0n) is 10.4. The number of hydrogen-bond donors (Lipinski definition) is 2. The molecule has 0 rings (SSSR count). The van der Waals surface area contributed by atoms with Gasteiger partial charge in [0.2, 0.25) is 10.0 Å². The maximum Gasteiger partial charge on any atom is 0.223 e. The number of hydrogen-bond acceptors (Lipinski definition) is 4. The van der Waals surface area contributed by atoms with Crippen molar-refractivity contribution in [3.05, 3.63) is 0 Å². The second kappa shape index (κ2) is 7.97. The minimum absolute atomic E-state index is 0.0229. The monoisotopic (exact) mass is 282 g/mol. The van der Waals surface area contributed by atoms with Crippen molar-refractivity contribution in [2.75, 3.05) is 20.2 Å². The number of nitrogens with zero attached hydrogens (tertiary/aromatic N) is 1. The Morgan fingerprint density at radius 2 is 2.00 bits per heavy atom. The van der Waals surface area contributed by atoms with Crippen molar-refractivity contribution < 1.29 is 13.5 Å². The lowest BCUT2D eigenvalue weighted by molar-refractivity contribution is 0.281. The Morgan fingerprint density at radius 1 is 1.41 bits per heavy atom. The molecule has 0 spiro atoms. The van der Waals surface area contributed by atoms with Gasteiger partial charge in [-0.05, 0) is 25.7 Å². The van der Waals surface area contributed by atoms with E-state index >= 15 is 0 Å². The SMILES string of the molecule is CCC(C(N)=S)S(=O)(=O)N(C)CCCCCO. The predicted molar refractivity (Wildman–Crippen MR) is 73.4 cm³/mol. The second-order valence-electron chi connectivity index (χ2n) is 3.95. The van der Waals surface area contributed by atoms with E-state index in [-0.39, 0.29) is 11.6 Å². The lowest BCUT2D eigenvalue weighted by atomic mass is 10.2. The minimum Gasteiger partial charge on any atom is -0.396 e. The highest BCUT2D eigenvalue weighted by Crippen LogP contribution is 2.12. The van der Waals surface area contributed by atoms with Crippen molar-refractivity contribution in [2.24, 2.45) is 5.73 Å². The Kier molecular flexibility index (Phi) is 7.85. The van der Waals surface area contributed by atoms with Gasteiger partial charge in [0.05, 0.1) is 4.99 Å². The maximum atomic E-state index is 12.1. The van der Waals surface area contributed by atoms with Gasteiger partial charge in [-0.3, -0.25) is 0 Å². The Hall–Kier alpha value is -0.240. The standard InChI is InChI=1S/C10H22N2O3S2/c1-3-9(10(11)16)17(14,15)12(2)7-5-4-6-8-13/h9,13H,3-8H2,1-2H3,(H2,11,16). The summed E-state index contributed by atoms with van der Waals surface area (Å²) in [5.41, 5.74) is 5.44. The molecule has 0 saturated heterocycles. The van der Waals surface area contributed by atoms with Gasteiger partial charge in [0.25, 0.3) is 0 Å². The van der Waals surface area contributed by atoms with Crippen LogP contribution in [0.15, 0.2) is 0 Å². The van der Waals surface area contributed by atoms with E-state index in [1.165, 1.54) is 11.4 Å². The van der Waals surface area contributed by atoms with Crippen LogP contribution in [0.3, 0.4) is 0 Å². The summed E-state index contributed by atoms with van der Waals surface area (Å²) < 4.78 is 25.5. The third kappa shape index (κ3) is 5.29. The molecule has 0 aliphatic carbocycles. The molecule has 0 aromatic rings. The third-order valence-corrected chi connectivity index (χ3v) is 5.40. The normalized spacial score (nSPS) is 13.9. The lowest BCUT2D eigenvalue weighted by Crippen LogP contribution is -2.42. The van der Waals surface area contributed by atoms with Crippen molar-refractivity contribution in [1.82, 2.24) is 4.31 Å². The fraction of sp³-hybridized carbons (Fsp3) is 0.900. The molecule has 0 radical (unpaired) electrons. The molecule has 3 N–H and O–H groups in total. The zero-order valence-corrected chi connectivity index (χ0v) is 12.1. The molecule has 0 aliphatic heterocycles. The Labute approximate surface area is 109 Å². The summed E-state index contributed by atoms with van der Waals surface area (Å²) in [6.07, 6.45) is 2.61. The molecule has 0 saturated carbocycles. The first-order valence-electron chi connectivity index (χ1n) is 5.73. The van der Waals surface area contributed by atoms with E-state index in [9.17, 15) is 8.42 Å². The highest BCUT2D eigenvalue weighted by atomic mass is 32.2.